The lowest BCUT2D eigenvalue weighted by molar-refractivity contribution is -0.116. The van der Waals surface area contributed by atoms with Crippen LogP contribution in [0.25, 0.3) is 11.1 Å². The van der Waals surface area contributed by atoms with Gasteiger partial charge in [-0.15, -0.1) is 0 Å². The van der Waals surface area contributed by atoms with E-state index in [9.17, 15) is 4.79 Å². The minimum atomic E-state index is -0.000675. The molecule has 1 atom stereocenters. The van der Waals surface area contributed by atoms with Crippen LogP contribution in [0, 0.1) is 12.8 Å². The van der Waals surface area contributed by atoms with Gasteiger partial charge in [0, 0.05) is 13.3 Å². The van der Waals surface area contributed by atoms with Crippen molar-refractivity contribution >= 4 is 22.7 Å². The van der Waals surface area contributed by atoms with Crippen molar-refractivity contribution in [3.8, 4) is 5.75 Å². The highest BCUT2D eigenvalue weighted by molar-refractivity contribution is 5.98. The normalized spacial score (nSPS) is 15.0. The number of benzene rings is 2. The first-order chi connectivity index (χ1) is 12.6. The molecule has 5 heteroatoms. The second-order valence-corrected chi connectivity index (χ2v) is 6.86. The van der Waals surface area contributed by atoms with Crippen LogP contribution in [0.1, 0.15) is 36.6 Å². The number of carbonyl (C=O) groups excluding carboxylic acids is 1. The molecule has 2 aromatic carbocycles. The van der Waals surface area contributed by atoms with Crippen LogP contribution in [0.4, 0.5) is 5.69 Å². The predicted molar refractivity (Wildman–Crippen MR) is 100 cm³/mol. The van der Waals surface area contributed by atoms with Crippen LogP contribution in [-0.4, -0.2) is 18.0 Å². The average Bonchev–Trinajstić information content (AvgIpc) is 3.41. The van der Waals surface area contributed by atoms with Crippen LogP contribution in [0.2, 0.25) is 0 Å². The fourth-order valence-electron chi connectivity index (χ4n) is 3.47. The van der Waals surface area contributed by atoms with Crippen molar-refractivity contribution in [1.29, 1.82) is 0 Å². The number of nitrogens with zero attached hydrogens (tertiary/aromatic N) is 1. The van der Waals surface area contributed by atoms with Crippen molar-refractivity contribution in [1.82, 2.24) is 4.98 Å². The lowest BCUT2D eigenvalue weighted by Crippen LogP contribution is -2.17. The Hall–Kier alpha value is -2.82. The molecule has 0 spiro atoms. The number of hydrogen-bond donors (Lipinski definition) is 1. The molecule has 1 unspecified atom stereocenters. The van der Waals surface area contributed by atoms with Gasteiger partial charge in [-0.05, 0) is 54.5 Å². The van der Waals surface area contributed by atoms with Gasteiger partial charge < -0.3 is 14.5 Å². The van der Waals surface area contributed by atoms with Crippen LogP contribution in [0.3, 0.4) is 0 Å². The van der Waals surface area contributed by atoms with Gasteiger partial charge >= 0.3 is 0 Å². The molecule has 0 radical (unpaired) electrons. The molecular weight excluding hydrogens is 328 g/mol. The van der Waals surface area contributed by atoms with Crippen LogP contribution in [-0.2, 0) is 4.79 Å². The summed E-state index contributed by atoms with van der Waals surface area (Å²) in [7, 11) is 1.66. The summed E-state index contributed by atoms with van der Waals surface area (Å²) >= 11 is 0. The van der Waals surface area contributed by atoms with E-state index >= 15 is 0 Å². The Bertz CT molecular complexity index is 926. The van der Waals surface area contributed by atoms with Gasteiger partial charge in [0.1, 0.15) is 11.3 Å². The van der Waals surface area contributed by atoms with E-state index in [0.29, 0.717) is 29.5 Å². The highest BCUT2D eigenvalue weighted by atomic mass is 16.5. The topological polar surface area (TPSA) is 64.4 Å². The van der Waals surface area contributed by atoms with Gasteiger partial charge in [0.05, 0.1) is 12.8 Å². The van der Waals surface area contributed by atoms with Gasteiger partial charge in [-0.3, -0.25) is 4.79 Å². The van der Waals surface area contributed by atoms with Crippen molar-refractivity contribution < 1.29 is 13.9 Å². The van der Waals surface area contributed by atoms with Gasteiger partial charge in [0.25, 0.3) is 0 Å². The maximum Gasteiger partial charge on any atom is 0.225 e. The Labute approximate surface area is 152 Å². The Morgan fingerprint density at radius 2 is 2.04 bits per heavy atom. The standard InChI is InChI=1S/C21H22N2O3/c1-13-22-18-4-3-5-19(21(18)26-13)23-20(24)12-17(14-6-7-14)15-8-10-16(25-2)11-9-15/h3-5,8-11,14,17H,6-7,12H2,1-2H3,(H,23,24). The molecule has 1 aliphatic rings. The molecule has 4 rings (SSSR count). The number of oxazole rings is 1. The lowest BCUT2D eigenvalue weighted by atomic mass is 9.90. The predicted octanol–water partition coefficient (Wildman–Crippen LogP) is 4.67. The Morgan fingerprint density at radius 3 is 2.73 bits per heavy atom. The first-order valence-corrected chi connectivity index (χ1v) is 8.94. The Morgan fingerprint density at radius 1 is 1.27 bits per heavy atom. The molecule has 1 saturated carbocycles. The van der Waals surface area contributed by atoms with Crippen molar-refractivity contribution in [3.05, 3.63) is 53.9 Å². The van der Waals surface area contributed by atoms with E-state index in [1.807, 2.05) is 30.3 Å². The lowest BCUT2D eigenvalue weighted by Gasteiger charge is -2.17. The smallest absolute Gasteiger partial charge is 0.225 e. The molecule has 5 nitrogen and oxygen atoms in total. The first kappa shape index (κ1) is 16.6. The molecule has 0 saturated heterocycles. The van der Waals surface area contributed by atoms with E-state index in [1.165, 1.54) is 18.4 Å². The number of ether oxygens (including phenoxy) is 1. The number of methoxy groups -OCH3 is 1. The number of aromatic nitrogens is 1. The molecule has 1 fully saturated rings. The van der Waals surface area contributed by atoms with E-state index in [0.717, 1.165) is 11.3 Å². The van der Waals surface area contributed by atoms with E-state index in [2.05, 4.69) is 22.4 Å². The van der Waals surface area contributed by atoms with Crippen molar-refractivity contribution in [3.63, 3.8) is 0 Å². The summed E-state index contributed by atoms with van der Waals surface area (Å²) in [5.41, 5.74) is 3.26. The summed E-state index contributed by atoms with van der Waals surface area (Å²) in [5.74, 6) is 2.24. The van der Waals surface area contributed by atoms with Crippen LogP contribution >= 0.6 is 0 Å². The number of hydrogen-bond acceptors (Lipinski definition) is 4. The molecule has 0 aliphatic heterocycles. The van der Waals surface area contributed by atoms with Gasteiger partial charge in [-0.25, -0.2) is 4.98 Å². The summed E-state index contributed by atoms with van der Waals surface area (Å²) < 4.78 is 10.9. The Balaban J connectivity index is 1.51. The van der Waals surface area contributed by atoms with Crippen molar-refractivity contribution in [2.45, 2.75) is 32.1 Å². The van der Waals surface area contributed by atoms with E-state index in [1.54, 1.807) is 14.0 Å². The second kappa shape index (κ2) is 6.83. The number of carbonyl (C=O) groups is 1. The van der Waals surface area contributed by atoms with Crippen LogP contribution in [0.15, 0.2) is 46.9 Å². The largest absolute Gasteiger partial charge is 0.497 e. The highest BCUT2D eigenvalue weighted by Gasteiger charge is 2.33. The molecule has 1 N–H and O–H groups in total. The number of nitrogens with one attached hydrogen (secondary N) is 1. The van der Waals surface area contributed by atoms with E-state index in [-0.39, 0.29) is 11.8 Å². The number of fused-ring (bicyclic) bond motifs is 1. The number of rotatable bonds is 6. The summed E-state index contributed by atoms with van der Waals surface area (Å²) in [6.45, 7) is 1.80. The van der Waals surface area contributed by atoms with Gasteiger partial charge in [-0.1, -0.05) is 18.2 Å². The molecule has 0 bridgehead atoms. The SMILES string of the molecule is COc1ccc(C(CC(=O)Nc2cccc3nc(C)oc23)C2CC2)cc1. The number of para-hydroxylation sites is 1. The molecule has 3 aromatic rings. The number of anilines is 1. The molecule has 134 valence electrons. The third-order valence-corrected chi connectivity index (χ3v) is 4.94. The van der Waals surface area contributed by atoms with Crippen LogP contribution < -0.4 is 10.1 Å². The van der Waals surface area contributed by atoms with E-state index < -0.39 is 0 Å². The molecule has 26 heavy (non-hydrogen) atoms. The third-order valence-electron chi connectivity index (χ3n) is 4.94. The molecule has 1 aromatic heterocycles. The minimum absolute atomic E-state index is 0.000675. The zero-order chi connectivity index (χ0) is 18.1. The van der Waals surface area contributed by atoms with Gasteiger partial charge in [-0.2, -0.15) is 0 Å². The first-order valence-electron chi connectivity index (χ1n) is 8.94. The summed E-state index contributed by atoms with van der Waals surface area (Å²) in [6.07, 6.45) is 2.82. The minimum Gasteiger partial charge on any atom is -0.497 e. The summed E-state index contributed by atoms with van der Waals surface area (Å²) in [6, 6.07) is 13.7. The zero-order valence-electron chi connectivity index (χ0n) is 15.0. The molecule has 1 heterocycles. The number of aryl methyl sites for hydroxylation is 1. The maximum absolute atomic E-state index is 12.7. The number of amides is 1. The fraction of sp³-hybridized carbons (Fsp3) is 0.333. The fourth-order valence-corrected chi connectivity index (χ4v) is 3.47. The summed E-state index contributed by atoms with van der Waals surface area (Å²) in [4.78, 5) is 17.0. The quantitative estimate of drug-likeness (QED) is 0.702. The summed E-state index contributed by atoms with van der Waals surface area (Å²) in [5, 5.41) is 3.01. The zero-order valence-corrected chi connectivity index (χ0v) is 15.0. The monoisotopic (exact) mass is 350 g/mol. The molecular formula is C21H22N2O3. The van der Waals surface area contributed by atoms with Crippen molar-refractivity contribution in [2.24, 2.45) is 5.92 Å². The van der Waals surface area contributed by atoms with Gasteiger partial charge in [0.2, 0.25) is 5.91 Å². The van der Waals surface area contributed by atoms with Crippen molar-refractivity contribution in [2.75, 3.05) is 12.4 Å². The van der Waals surface area contributed by atoms with Crippen LogP contribution in [0.5, 0.6) is 5.75 Å². The Kier molecular flexibility index (Phi) is 4.37. The third kappa shape index (κ3) is 3.43. The second-order valence-electron chi connectivity index (χ2n) is 6.86. The van der Waals surface area contributed by atoms with E-state index in [4.69, 9.17) is 9.15 Å². The maximum atomic E-state index is 12.7. The molecule has 1 aliphatic carbocycles. The average molecular weight is 350 g/mol. The van der Waals surface area contributed by atoms with Gasteiger partial charge in [0.15, 0.2) is 11.5 Å². The highest BCUT2D eigenvalue weighted by Crippen LogP contribution is 2.45. The molecule has 1 amide bonds.